The minimum atomic E-state index is -0.234. The zero-order valence-electron chi connectivity index (χ0n) is 6.11. The number of rotatable bonds is 1. The van der Waals surface area contributed by atoms with Crippen LogP contribution in [-0.4, -0.2) is 5.21 Å². The van der Waals surface area contributed by atoms with E-state index in [1.165, 1.54) is 6.07 Å². The molecular weight excluding hydrogens is 144 g/mol. The molecule has 0 aliphatic rings. The highest BCUT2D eigenvalue weighted by molar-refractivity contribution is 5.67. The highest BCUT2D eigenvalue weighted by Gasteiger charge is 1.97. The van der Waals surface area contributed by atoms with Crippen LogP contribution in [0.5, 0.6) is 0 Å². The van der Waals surface area contributed by atoms with Gasteiger partial charge in [-0.2, -0.15) is 0 Å². The monoisotopic (exact) mass is 153 g/mol. The molecule has 4 heteroatoms. The number of nitrogens with zero attached hydrogens (tertiary/aromatic N) is 1. The maximum absolute atomic E-state index is 10.4. The Morgan fingerprint density at radius 1 is 1.55 bits per heavy atom. The number of nitrogens with two attached hydrogens (primary N) is 1. The Morgan fingerprint density at radius 2 is 2.18 bits per heavy atom. The van der Waals surface area contributed by atoms with Crippen LogP contribution in [0.25, 0.3) is 0 Å². The second kappa shape index (κ2) is 2.77. The molecule has 0 radical (unpaired) electrons. The molecule has 0 fully saturated rings. The summed E-state index contributed by atoms with van der Waals surface area (Å²) in [5.74, 6) is 0. The van der Waals surface area contributed by atoms with Gasteiger partial charge in [0, 0.05) is 0 Å². The minimum Gasteiger partial charge on any atom is -0.733 e. The average Bonchev–Trinajstić information content (AvgIpc) is 1.94. The molecule has 11 heavy (non-hydrogen) atoms. The van der Waals surface area contributed by atoms with E-state index >= 15 is 0 Å². The number of aryl methyl sites for hydroxylation is 1. The molecule has 0 saturated carbocycles. The Balaban J connectivity index is 3.13. The fraction of sp³-hybridized carbons (Fsp3) is 0.143. The van der Waals surface area contributed by atoms with E-state index in [9.17, 15) is 5.21 Å². The maximum atomic E-state index is 10.4. The van der Waals surface area contributed by atoms with E-state index < -0.39 is 0 Å². The summed E-state index contributed by atoms with van der Waals surface area (Å²) in [6, 6.07) is 4.86. The Hall–Kier alpha value is -1.26. The summed E-state index contributed by atoms with van der Waals surface area (Å²) in [4.78, 5) is 0. The van der Waals surface area contributed by atoms with Crippen LogP contribution in [-0.2, 0) is 0 Å². The lowest BCUT2D eigenvalue weighted by Crippen LogP contribution is -2.09. The van der Waals surface area contributed by atoms with Crippen LogP contribution < -0.4 is 11.0 Å². The molecule has 1 aromatic carbocycles. The van der Waals surface area contributed by atoms with Crippen molar-refractivity contribution >= 4 is 11.4 Å². The largest absolute Gasteiger partial charge is 0.733 e. The van der Waals surface area contributed by atoms with Gasteiger partial charge in [-0.25, -0.2) is 0 Å². The SMILES string of the molecule is Cc1ccc(N)c(N([O-])O)c1. The van der Waals surface area contributed by atoms with Crippen molar-refractivity contribution in [3.63, 3.8) is 0 Å². The first-order chi connectivity index (χ1) is 5.11. The first-order valence-corrected chi connectivity index (χ1v) is 3.13. The van der Waals surface area contributed by atoms with Crippen molar-refractivity contribution in [2.75, 3.05) is 11.0 Å². The molecule has 60 valence electrons. The quantitative estimate of drug-likeness (QED) is 0.470. The fourth-order valence-electron chi connectivity index (χ4n) is 0.819. The summed E-state index contributed by atoms with van der Waals surface area (Å²) in [5, 5.41) is 18.7. The number of benzene rings is 1. The van der Waals surface area contributed by atoms with Crippen LogP contribution in [0, 0.1) is 12.1 Å². The molecule has 0 unspecified atom stereocenters. The van der Waals surface area contributed by atoms with Crippen molar-refractivity contribution in [1.82, 2.24) is 0 Å². The number of hydrogen-bond acceptors (Lipinski definition) is 4. The number of nitrogen functional groups attached to an aromatic ring is 1. The van der Waals surface area contributed by atoms with Gasteiger partial charge in [0.15, 0.2) is 0 Å². The molecule has 3 N–H and O–H groups in total. The van der Waals surface area contributed by atoms with Crippen molar-refractivity contribution in [3.8, 4) is 0 Å². The Bertz CT molecular complexity index is 261. The first kappa shape index (κ1) is 7.84. The van der Waals surface area contributed by atoms with Gasteiger partial charge in [-0.1, -0.05) is 6.07 Å². The van der Waals surface area contributed by atoms with E-state index in [0.717, 1.165) is 5.56 Å². The lowest BCUT2D eigenvalue weighted by molar-refractivity contribution is 0.297. The molecule has 4 nitrogen and oxygen atoms in total. The second-order valence-electron chi connectivity index (χ2n) is 2.34. The molecule has 0 atom stereocenters. The van der Waals surface area contributed by atoms with Crippen LogP contribution >= 0.6 is 0 Å². The van der Waals surface area contributed by atoms with Gasteiger partial charge in [-0.3, -0.25) is 5.21 Å². The maximum Gasteiger partial charge on any atom is 0.0741 e. The molecule has 0 spiro atoms. The van der Waals surface area contributed by atoms with Gasteiger partial charge >= 0.3 is 0 Å². The second-order valence-corrected chi connectivity index (χ2v) is 2.34. The fourth-order valence-corrected chi connectivity index (χ4v) is 0.819. The Morgan fingerprint density at radius 3 is 2.64 bits per heavy atom. The highest BCUT2D eigenvalue weighted by atomic mass is 16.8. The third kappa shape index (κ3) is 1.60. The number of hydrogen-bond donors (Lipinski definition) is 2. The van der Waals surface area contributed by atoms with Crippen LogP contribution in [0.15, 0.2) is 18.2 Å². The lowest BCUT2D eigenvalue weighted by atomic mass is 10.2. The van der Waals surface area contributed by atoms with Crippen molar-refractivity contribution in [2.45, 2.75) is 6.92 Å². The highest BCUT2D eigenvalue weighted by Crippen LogP contribution is 2.21. The summed E-state index contributed by atoms with van der Waals surface area (Å²) < 4.78 is 0. The van der Waals surface area contributed by atoms with Crippen molar-refractivity contribution < 1.29 is 5.21 Å². The summed E-state index contributed by atoms with van der Waals surface area (Å²) >= 11 is 0. The van der Waals surface area contributed by atoms with E-state index in [0.29, 0.717) is 0 Å². The zero-order valence-corrected chi connectivity index (χ0v) is 6.11. The van der Waals surface area contributed by atoms with Crippen molar-refractivity contribution in [1.29, 1.82) is 0 Å². The molecule has 0 aliphatic carbocycles. The molecule has 0 saturated heterocycles. The molecule has 0 aromatic heterocycles. The molecule has 0 heterocycles. The predicted molar refractivity (Wildman–Crippen MR) is 43.2 cm³/mol. The third-order valence-electron chi connectivity index (χ3n) is 1.39. The van der Waals surface area contributed by atoms with E-state index in [4.69, 9.17) is 10.9 Å². The third-order valence-corrected chi connectivity index (χ3v) is 1.39. The van der Waals surface area contributed by atoms with Gasteiger partial charge in [0.1, 0.15) is 0 Å². The van der Waals surface area contributed by atoms with Gasteiger partial charge < -0.3 is 16.2 Å². The summed E-state index contributed by atoms with van der Waals surface area (Å²) in [6.45, 7) is 1.81. The molecule has 0 aliphatic heterocycles. The van der Waals surface area contributed by atoms with Crippen LogP contribution in [0.4, 0.5) is 11.4 Å². The summed E-state index contributed by atoms with van der Waals surface area (Å²) in [5.41, 5.74) is 6.63. The van der Waals surface area contributed by atoms with Crippen molar-refractivity contribution in [3.05, 3.63) is 29.0 Å². The van der Waals surface area contributed by atoms with Crippen molar-refractivity contribution in [2.24, 2.45) is 0 Å². The number of anilines is 2. The first-order valence-electron chi connectivity index (χ1n) is 3.13. The van der Waals surface area contributed by atoms with E-state index in [2.05, 4.69) is 0 Å². The summed E-state index contributed by atoms with van der Waals surface area (Å²) in [7, 11) is 0. The van der Waals surface area contributed by atoms with Gasteiger partial charge in [0.2, 0.25) is 0 Å². The molecule has 0 amide bonds. The lowest BCUT2D eigenvalue weighted by Gasteiger charge is -2.23. The molecule has 0 bridgehead atoms. The Labute approximate surface area is 64.4 Å². The van der Waals surface area contributed by atoms with Crippen LogP contribution in [0.3, 0.4) is 0 Å². The molecule has 1 aromatic rings. The van der Waals surface area contributed by atoms with E-state index in [1.807, 2.05) is 6.92 Å². The smallest absolute Gasteiger partial charge is 0.0741 e. The van der Waals surface area contributed by atoms with Gasteiger partial charge in [0.05, 0.1) is 11.4 Å². The molecular formula is C7H9N2O2-. The topological polar surface area (TPSA) is 72.5 Å². The van der Waals surface area contributed by atoms with E-state index in [-0.39, 0.29) is 16.6 Å². The van der Waals surface area contributed by atoms with Gasteiger partial charge in [-0.05, 0) is 24.6 Å². The van der Waals surface area contributed by atoms with Gasteiger partial charge in [0.25, 0.3) is 0 Å². The standard InChI is InChI=1S/C7H9N2O2/c1-5-2-3-6(8)7(4-5)9(10)11/h2-4,10H,8H2,1H3/q-1. The van der Waals surface area contributed by atoms with E-state index in [1.54, 1.807) is 12.1 Å². The predicted octanol–water partition coefficient (Wildman–Crippen LogP) is 1.27. The van der Waals surface area contributed by atoms with Crippen LogP contribution in [0.1, 0.15) is 5.56 Å². The normalized spacial score (nSPS) is 9.73. The van der Waals surface area contributed by atoms with Crippen LogP contribution in [0.2, 0.25) is 0 Å². The Kier molecular flexibility index (Phi) is 1.98. The molecule has 1 rings (SSSR count). The average molecular weight is 153 g/mol. The minimum absolute atomic E-state index is 0.0880. The zero-order chi connectivity index (χ0) is 8.43. The summed E-state index contributed by atoms with van der Waals surface area (Å²) in [6.07, 6.45) is 0. The van der Waals surface area contributed by atoms with Gasteiger partial charge in [-0.15, -0.1) is 0 Å².